The van der Waals surface area contributed by atoms with Crippen LogP contribution in [0.15, 0.2) is 66.0 Å². The van der Waals surface area contributed by atoms with Crippen molar-refractivity contribution in [2.75, 3.05) is 26.8 Å². The number of thiophene rings is 1. The minimum absolute atomic E-state index is 0.124. The summed E-state index contributed by atoms with van der Waals surface area (Å²) in [6.07, 6.45) is -0.124. The van der Waals surface area contributed by atoms with E-state index in [-0.39, 0.29) is 11.9 Å². The first-order chi connectivity index (χ1) is 16.1. The molecular weight excluding hydrogens is 459 g/mol. The highest BCUT2D eigenvalue weighted by Gasteiger charge is 2.24. The largest absolute Gasteiger partial charge is 0.495 e. The van der Waals surface area contributed by atoms with Crippen molar-refractivity contribution in [2.45, 2.75) is 12.8 Å². The molecular formula is C24H23FN4O2S2. The molecule has 0 saturated carbocycles. The van der Waals surface area contributed by atoms with Crippen LogP contribution in [0.5, 0.6) is 5.75 Å². The predicted octanol–water partition coefficient (Wildman–Crippen LogP) is 5.31. The average molecular weight is 483 g/mol. The fourth-order valence-corrected chi connectivity index (χ4v) is 4.98. The molecule has 4 aromatic rings. The summed E-state index contributed by atoms with van der Waals surface area (Å²) < 4.78 is 29.3. The number of rotatable bonds is 6. The quantitative estimate of drug-likeness (QED) is 0.349. The number of hydrogen-bond acceptors (Lipinski definition) is 6. The second-order valence-electron chi connectivity index (χ2n) is 7.72. The summed E-state index contributed by atoms with van der Waals surface area (Å²) in [6.45, 7) is 2.54. The van der Waals surface area contributed by atoms with Gasteiger partial charge >= 0.3 is 0 Å². The van der Waals surface area contributed by atoms with Gasteiger partial charge in [0, 0.05) is 13.1 Å². The van der Waals surface area contributed by atoms with Gasteiger partial charge in [0.1, 0.15) is 11.6 Å². The molecule has 1 fully saturated rings. The summed E-state index contributed by atoms with van der Waals surface area (Å²) >= 11 is 7.51. The number of halogens is 1. The second-order valence-corrected chi connectivity index (χ2v) is 9.03. The van der Waals surface area contributed by atoms with Gasteiger partial charge in [-0.3, -0.25) is 9.47 Å². The molecule has 9 heteroatoms. The van der Waals surface area contributed by atoms with Crippen LogP contribution in [0.3, 0.4) is 0 Å². The van der Waals surface area contributed by atoms with Crippen molar-refractivity contribution >= 4 is 23.6 Å². The molecule has 0 aliphatic carbocycles. The Morgan fingerprint density at radius 1 is 1.15 bits per heavy atom. The molecule has 170 valence electrons. The van der Waals surface area contributed by atoms with Gasteiger partial charge in [-0.1, -0.05) is 30.3 Å². The molecule has 0 radical (unpaired) electrons. The molecule has 5 rings (SSSR count). The van der Waals surface area contributed by atoms with Gasteiger partial charge in [-0.25, -0.2) is 9.07 Å². The molecule has 1 saturated heterocycles. The van der Waals surface area contributed by atoms with Crippen molar-refractivity contribution in [2.24, 2.45) is 0 Å². The van der Waals surface area contributed by atoms with Crippen LogP contribution in [0.2, 0.25) is 0 Å². The summed E-state index contributed by atoms with van der Waals surface area (Å²) in [5, 5.41) is 6.93. The van der Waals surface area contributed by atoms with Crippen molar-refractivity contribution in [1.82, 2.24) is 19.2 Å². The van der Waals surface area contributed by atoms with E-state index >= 15 is 0 Å². The van der Waals surface area contributed by atoms with Crippen LogP contribution in [0.1, 0.15) is 11.7 Å². The van der Waals surface area contributed by atoms with E-state index in [0.29, 0.717) is 24.6 Å². The van der Waals surface area contributed by atoms with Crippen molar-refractivity contribution < 1.29 is 13.9 Å². The number of para-hydroxylation sites is 2. The van der Waals surface area contributed by atoms with Gasteiger partial charge in [0.2, 0.25) is 4.77 Å². The molecule has 1 unspecified atom stereocenters. The minimum Gasteiger partial charge on any atom is -0.495 e. The number of hydrogen-bond donors (Lipinski definition) is 0. The smallest absolute Gasteiger partial charge is 0.204 e. The lowest BCUT2D eigenvalue weighted by Crippen LogP contribution is -2.39. The number of ether oxygens (including phenoxy) is 2. The zero-order chi connectivity index (χ0) is 22.8. The van der Waals surface area contributed by atoms with Crippen LogP contribution >= 0.6 is 23.6 Å². The maximum Gasteiger partial charge on any atom is 0.204 e. The molecule has 1 aliphatic heterocycles. The highest BCUT2D eigenvalue weighted by atomic mass is 32.1. The highest BCUT2D eigenvalue weighted by molar-refractivity contribution is 7.71. The maximum atomic E-state index is 13.3. The van der Waals surface area contributed by atoms with E-state index in [4.69, 9.17) is 26.8 Å². The van der Waals surface area contributed by atoms with Gasteiger partial charge < -0.3 is 9.47 Å². The summed E-state index contributed by atoms with van der Waals surface area (Å²) in [5.74, 6) is 1.26. The standard InChI is InChI=1S/C24H23FN4O2S2/c1-30-20-6-3-2-5-19(20)29-23(22-7-4-14-33-22)26-28(24(29)32)16-27-12-13-31-21(15-27)17-8-10-18(25)11-9-17/h2-11,14,21H,12-13,15-16H2,1H3. The van der Waals surface area contributed by atoms with E-state index in [2.05, 4.69) is 4.90 Å². The lowest BCUT2D eigenvalue weighted by molar-refractivity contribution is -0.0418. The zero-order valence-corrected chi connectivity index (χ0v) is 19.7. The first-order valence-electron chi connectivity index (χ1n) is 10.6. The van der Waals surface area contributed by atoms with E-state index in [9.17, 15) is 4.39 Å². The maximum absolute atomic E-state index is 13.3. The third kappa shape index (κ3) is 4.49. The Balaban J connectivity index is 1.48. The molecule has 0 N–H and O–H groups in total. The third-order valence-corrected chi connectivity index (χ3v) is 6.89. The van der Waals surface area contributed by atoms with Crippen LogP contribution in [-0.4, -0.2) is 46.1 Å². The summed E-state index contributed by atoms with van der Waals surface area (Å²) in [5.41, 5.74) is 1.81. The Bertz CT molecular complexity index is 1280. The van der Waals surface area contributed by atoms with E-state index in [1.807, 2.05) is 51.0 Å². The average Bonchev–Trinajstić information content (AvgIpc) is 3.48. The number of nitrogens with zero attached hydrogens (tertiary/aromatic N) is 4. The number of morpholine rings is 1. The molecule has 0 bridgehead atoms. The van der Waals surface area contributed by atoms with E-state index < -0.39 is 0 Å². The van der Waals surface area contributed by atoms with Crippen LogP contribution in [-0.2, 0) is 11.4 Å². The minimum atomic E-state index is -0.249. The van der Waals surface area contributed by atoms with Gasteiger partial charge in [-0.15, -0.1) is 16.4 Å². The fraction of sp³-hybridized carbons (Fsp3) is 0.250. The Morgan fingerprint density at radius 3 is 2.73 bits per heavy atom. The second kappa shape index (κ2) is 9.56. The number of benzene rings is 2. The van der Waals surface area contributed by atoms with E-state index in [1.54, 1.807) is 30.6 Å². The first kappa shape index (κ1) is 22.0. The van der Waals surface area contributed by atoms with Gasteiger partial charge in [-0.05, 0) is 53.5 Å². The molecule has 3 heterocycles. The summed E-state index contributed by atoms with van der Waals surface area (Å²) in [4.78, 5) is 3.28. The predicted molar refractivity (Wildman–Crippen MR) is 129 cm³/mol. The third-order valence-electron chi connectivity index (χ3n) is 5.63. The molecule has 0 amide bonds. The van der Waals surface area contributed by atoms with Gasteiger partial charge in [0.25, 0.3) is 0 Å². The van der Waals surface area contributed by atoms with Gasteiger partial charge in [-0.2, -0.15) is 0 Å². The molecule has 2 aromatic carbocycles. The van der Waals surface area contributed by atoms with Gasteiger partial charge in [0.05, 0.1) is 37.1 Å². The van der Waals surface area contributed by atoms with Crippen molar-refractivity contribution in [3.8, 4) is 22.1 Å². The van der Waals surface area contributed by atoms with Crippen LogP contribution < -0.4 is 4.74 Å². The SMILES string of the molecule is COc1ccccc1-n1c(-c2cccs2)nn(CN2CCOC(c3ccc(F)cc3)C2)c1=S. The van der Waals surface area contributed by atoms with Gasteiger partial charge in [0.15, 0.2) is 5.82 Å². The molecule has 6 nitrogen and oxygen atoms in total. The molecule has 2 aromatic heterocycles. The molecule has 33 heavy (non-hydrogen) atoms. The highest BCUT2D eigenvalue weighted by Crippen LogP contribution is 2.31. The van der Waals surface area contributed by atoms with Crippen molar-refractivity contribution in [3.05, 3.63) is 82.2 Å². The first-order valence-corrected chi connectivity index (χ1v) is 11.9. The summed E-state index contributed by atoms with van der Waals surface area (Å²) in [7, 11) is 1.65. The van der Waals surface area contributed by atoms with E-state index in [1.165, 1.54) is 12.1 Å². The monoisotopic (exact) mass is 482 g/mol. The fourth-order valence-electron chi connectivity index (χ4n) is 4.00. The Labute approximate surface area is 200 Å². The molecule has 1 aliphatic rings. The van der Waals surface area contributed by atoms with Crippen LogP contribution in [0, 0.1) is 10.6 Å². The Kier molecular flexibility index (Phi) is 6.37. The van der Waals surface area contributed by atoms with E-state index in [0.717, 1.165) is 34.2 Å². The number of aromatic nitrogens is 3. The lowest BCUT2D eigenvalue weighted by Gasteiger charge is -2.32. The van der Waals surface area contributed by atoms with Crippen LogP contribution in [0.4, 0.5) is 4.39 Å². The topological polar surface area (TPSA) is 44.5 Å². The molecule has 0 spiro atoms. The van der Waals surface area contributed by atoms with Crippen molar-refractivity contribution in [3.63, 3.8) is 0 Å². The Morgan fingerprint density at radius 2 is 1.97 bits per heavy atom. The van der Waals surface area contributed by atoms with Crippen LogP contribution in [0.25, 0.3) is 16.4 Å². The summed E-state index contributed by atoms with van der Waals surface area (Å²) in [6, 6.07) is 18.3. The van der Waals surface area contributed by atoms with Crippen molar-refractivity contribution in [1.29, 1.82) is 0 Å². The lowest BCUT2D eigenvalue weighted by atomic mass is 10.1. The molecule has 1 atom stereocenters. The normalized spacial score (nSPS) is 16.7. The number of methoxy groups -OCH3 is 1. The Hall–Kier alpha value is -2.85. The zero-order valence-electron chi connectivity index (χ0n) is 18.1.